The molecule has 0 saturated carbocycles. The number of nitrogens with zero attached hydrogens (tertiary/aromatic N) is 3. The van der Waals surface area contributed by atoms with Crippen LogP contribution in [0, 0.1) is 5.82 Å². The van der Waals surface area contributed by atoms with Gasteiger partial charge in [0.25, 0.3) is 5.91 Å². The Balaban J connectivity index is 2.46. The summed E-state index contributed by atoms with van der Waals surface area (Å²) in [5, 5.41) is 0. The van der Waals surface area contributed by atoms with E-state index in [0.717, 1.165) is 4.90 Å². The van der Waals surface area contributed by atoms with E-state index in [9.17, 15) is 22.4 Å². The first kappa shape index (κ1) is 17.7. The fourth-order valence-electron chi connectivity index (χ4n) is 2.15. The third-order valence-electron chi connectivity index (χ3n) is 3.38. The summed E-state index contributed by atoms with van der Waals surface area (Å²) >= 11 is 0. The summed E-state index contributed by atoms with van der Waals surface area (Å²) in [5.74, 6) is -1.48. The minimum absolute atomic E-state index is 0.351. The Hall–Kier alpha value is -2.64. The van der Waals surface area contributed by atoms with E-state index >= 15 is 0 Å². The van der Waals surface area contributed by atoms with E-state index in [-0.39, 0.29) is 0 Å². The molecule has 2 rings (SSSR count). The summed E-state index contributed by atoms with van der Waals surface area (Å²) in [6.45, 7) is 0. The molecule has 0 saturated heterocycles. The second kappa shape index (κ2) is 6.46. The molecule has 0 bridgehead atoms. The van der Waals surface area contributed by atoms with Crippen LogP contribution in [-0.4, -0.2) is 32.0 Å². The third kappa shape index (κ3) is 3.47. The highest BCUT2D eigenvalue weighted by Gasteiger charge is 2.32. The number of hydrogen-bond donors (Lipinski definition) is 0. The van der Waals surface area contributed by atoms with Crippen LogP contribution < -0.4 is 9.80 Å². The lowest BCUT2D eigenvalue weighted by molar-refractivity contribution is -0.137. The monoisotopic (exact) mass is 341 g/mol. The van der Waals surface area contributed by atoms with Crippen LogP contribution in [0.15, 0.2) is 36.5 Å². The number of amides is 1. The van der Waals surface area contributed by atoms with Gasteiger partial charge >= 0.3 is 6.18 Å². The smallest absolute Gasteiger partial charge is 0.361 e. The predicted molar refractivity (Wildman–Crippen MR) is 82.7 cm³/mol. The fourth-order valence-corrected chi connectivity index (χ4v) is 2.15. The van der Waals surface area contributed by atoms with Gasteiger partial charge in [0, 0.05) is 27.3 Å². The zero-order valence-electron chi connectivity index (χ0n) is 13.2. The molecular weight excluding hydrogens is 326 g/mol. The SMILES string of the molecule is CN(C)c1ncccc1N(C)C(=O)c1cc(C(F)(F)F)ccc1F. The summed E-state index contributed by atoms with van der Waals surface area (Å²) in [5.41, 5.74) is -1.38. The highest BCUT2D eigenvalue weighted by atomic mass is 19.4. The lowest BCUT2D eigenvalue weighted by atomic mass is 10.1. The van der Waals surface area contributed by atoms with E-state index < -0.39 is 29.0 Å². The van der Waals surface area contributed by atoms with Crippen molar-refractivity contribution in [2.24, 2.45) is 0 Å². The topological polar surface area (TPSA) is 36.4 Å². The number of rotatable bonds is 3. The Morgan fingerprint density at radius 2 is 1.79 bits per heavy atom. The van der Waals surface area contributed by atoms with Gasteiger partial charge in [-0.1, -0.05) is 0 Å². The molecule has 1 aromatic heterocycles. The van der Waals surface area contributed by atoms with E-state index in [1.54, 1.807) is 31.1 Å². The maximum Gasteiger partial charge on any atom is 0.416 e. The van der Waals surface area contributed by atoms with Gasteiger partial charge in [0.1, 0.15) is 5.82 Å². The van der Waals surface area contributed by atoms with E-state index in [2.05, 4.69) is 4.98 Å². The van der Waals surface area contributed by atoms with Crippen LogP contribution in [-0.2, 0) is 6.18 Å². The summed E-state index contributed by atoms with van der Waals surface area (Å²) in [6, 6.07) is 4.90. The Labute approximate surface area is 136 Å². The first-order valence-corrected chi connectivity index (χ1v) is 6.90. The predicted octanol–water partition coefficient (Wildman–Crippen LogP) is 3.58. The number of aromatic nitrogens is 1. The molecule has 0 spiro atoms. The van der Waals surface area contributed by atoms with Crippen molar-refractivity contribution in [1.29, 1.82) is 0 Å². The van der Waals surface area contributed by atoms with Crippen LogP contribution in [0.25, 0.3) is 0 Å². The normalized spacial score (nSPS) is 11.3. The van der Waals surface area contributed by atoms with Gasteiger partial charge in [0.05, 0.1) is 16.8 Å². The number of carbonyl (C=O) groups is 1. The molecule has 0 fully saturated rings. The molecule has 0 atom stereocenters. The number of anilines is 2. The molecule has 1 aromatic carbocycles. The zero-order valence-corrected chi connectivity index (χ0v) is 13.2. The van der Waals surface area contributed by atoms with Gasteiger partial charge in [-0.3, -0.25) is 4.79 Å². The van der Waals surface area contributed by atoms with Crippen molar-refractivity contribution in [1.82, 2.24) is 4.98 Å². The van der Waals surface area contributed by atoms with E-state index in [0.29, 0.717) is 29.7 Å². The molecule has 0 aliphatic heterocycles. The molecule has 8 heteroatoms. The number of alkyl halides is 3. The van der Waals surface area contributed by atoms with Crippen LogP contribution >= 0.6 is 0 Å². The molecular formula is C16H15F4N3O. The van der Waals surface area contributed by atoms with E-state index in [1.807, 2.05) is 0 Å². The maximum absolute atomic E-state index is 13.9. The standard InChI is InChI=1S/C16H15F4N3O/c1-22(2)14-13(5-4-8-21-14)23(3)15(24)11-9-10(16(18,19)20)6-7-12(11)17/h4-9H,1-3H3. The lowest BCUT2D eigenvalue weighted by Crippen LogP contribution is -2.29. The molecule has 0 aliphatic carbocycles. The van der Waals surface area contributed by atoms with Crippen molar-refractivity contribution in [3.63, 3.8) is 0 Å². The average molecular weight is 341 g/mol. The molecule has 0 radical (unpaired) electrons. The Morgan fingerprint density at radius 3 is 2.38 bits per heavy atom. The van der Waals surface area contributed by atoms with Gasteiger partial charge in [-0.25, -0.2) is 9.37 Å². The average Bonchev–Trinajstić information content (AvgIpc) is 2.52. The van der Waals surface area contributed by atoms with E-state index in [1.165, 1.54) is 13.2 Å². The third-order valence-corrected chi connectivity index (χ3v) is 3.38. The summed E-state index contributed by atoms with van der Waals surface area (Å²) in [7, 11) is 4.76. The van der Waals surface area contributed by atoms with Crippen LogP contribution in [0.4, 0.5) is 29.1 Å². The molecule has 1 amide bonds. The molecule has 1 heterocycles. The molecule has 0 unspecified atom stereocenters. The molecule has 2 aromatic rings. The number of carbonyl (C=O) groups excluding carboxylic acids is 1. The molecule has 128 valence electrons. The first-order chi connectivity index (χ1) is 11.1. The number of benzene rings is 1. The van der Waals surface area contributed by atoms with E-state index in [4.69, 9.17) is 0 Å². The number of hydrogen-bond acceptors (Lipinski definition) is 3. The van der Waals surface area contributed by atoms with Crippen LogP contribution in [0.3, 0.4) is 0 Å². The van der Waals surface area contributed by atoms with Gasteiger partial charge < -0.3 is 9.80 Å². The molecule has 0 N–H and O–H groups in total. The first-order valence-electron chi connectivity index (χ1n) is 6.90. The largest absolute Gasteiger partial charge is 0.416 e. The highest BCUT2D eigenvalue weighted by molar-refractivity contribution is 6.07. The van der Waals surface area contributed by atoms with Gasteiger partial charge in [0.15, 0.2) is 5.82 Å². The number of halogens is 4. The van der Waals surface area contributed by atoms with Gasteiger partial charge in [-0.05, 0) is 30.3 Å². The lowest BCUT2D eigenvalue weighted by Gasteiger charge is -2.23. The Morgan fingerprint density at radius 1 is 1.12 bits per heavy atom. The molecule has 4 nitrogen and oxygen atoms in total. The molecule has 24 heavy (non-hydrogen) atoms. The Kier molecular flexibility index (Phi) is 4.77. The van der Waals surface area contributed by atoms with Crippen molar-refractivity contribution < 1.29 is 22.4 Å². The number of pyridine rings is 1. The van der Waals surface area contributed by atoms with Gasteiger partial charge in [-0.2, -0.15) is 13.2 Å². The highest BCUT2D eigenvalue weighted by Crippen LogP contribution is 2.31. The van der Waals surface area contributed by atoms with Crippen LogP contribution in [0.2, 0.25) is 0 Å². The summed E-state index contributed by atoms with van der Waals surface area (Å²) in [6.07, 6.45) is -3.15. The fraction of sp³-hybridized carbons (Fsp3) is 0.250. The second-order valence-electron chi connectivity index (χ2n) is 5.30. The van der Waals surface area contributed by atoms with Crippen molar-refractivity contribution in [3.05, 3.63) is 53.5 Å². The van der Waals surface area contributed by atoms with Gasteiger partial charge in [-0.15, -0.1) is 0 Å². The summed E-state index contributed by atoms with van der Waals surface area (Å²) in [4.78, 5) is 19.3. The van der Waals surface area contributed by atoms with Gasteiger partial charge in [0.2, 0.25) is 0 Å². The van der Waals surface area contributed by atoms with Crippen LogP contribution in [0.5, 0.6) is 0 Å². The van der Waals surface area contributed by atoms with Crippen molar-refractivity contribution in [3.8, 4) is 0 Å². The minimum atomic E-state index is -4.66. The minimum Gasteiger partial charge on any atom is -0.361 e. The summed E-state index contributed by atoms with van der Waals surface area (Å²) < 4.78 is 52.3. The zero-order chi connectivity index (χ0) is 18.1. The van der Waals surface area contributed by atoms with Crippen LogP contribution in [0.1, 0.15) is 15.9 Å². The molecule has 0 aliphatic rings. The second-order valence-corrected chi connectivity index (χ2v) is 5.30. The van der Waals surface area contributed by atoms with Crippen molar-refractivity contribution in [2.45, 2.75) is 6.18 Å². The Bertz CT molecular complexity index is 759. The quantitative estimate of drug-likeness (QED) is 0.801. The van der Waals surface area contributed by atoms with Crippen molar-refractivity contribution in [2.75, 3.05) is 30.9 Å². The maximum atomic E-state index is 13.9. The van der Waals surface area contributed by atoms with Crippen molar-refractivity contribution >= 4 is 17.4 Å².